The van der Waals surface area contributed by atoms with Gasteiger partial charge >= 0.3 is 0 Å². The molecule has 2 aromatic rings. The predicted molar refractivity (Wildman–Crippen MR) is 84.3 cm³/mol. The first kappa shape index (κ1) is 13.1. The van der Waals surface area contributed by atoms with Gasteiger partial charge < -0.3 is 0 Å². The van der Waals surface area contributed by atoms with E-state index in [0.717, 1.165) is 10.6 Å². The van der Waals surface area contributed by atoms with Crippen LogP contribution < -0.4 is 5.01 Å². The molecular weight excluding hydrogens is 292 g/mol. The number of anilines is 1. The molecule has 2 heterocycles. The van der Waals surface area contributed by atoms with Gasteiger partial charge in [0, 0.05) is 9.90 Å². The average molecular weight is 303 g/mol. The van der Waals surface area contributed by atoms with Crippen LogP contribution in [0.5, 0.6) is 0 Å². The molecule has 5 heteroatoms. The summed E-state index contributed by atoms with van der Waals surface area (Å²) in [5.74, 6) is -0.113. The summed E-state index contributed by atoms with van der Waals surface area (Å²) < 4.78 is 0. The van der Waals surface area contributed by atoms with E-state index in [4.69, 9.17) is 11.6 Å². The Kier molecular flexibility index (Phi) is 3.42. The highest BCUT2D eigenvalue weighted by atomic mass is 35.5. The van der Waals surface area contributed by atoms with Gasteiger partial charge in [-0.15, -0.1) is 11.3 Å². The van der Waals surface area contributed by atoms with E-state index < -0.39 is 0 Å². The van der Waals surface area contributed by atoms with Gasteiger partial charge in [0.25, 0.3) is 5.91 Å². The highest BCUT2D eigenvalue weighted by Gasteiger charge is 2.28. The fourth-order valence-corrected chi connectivity index (χ4v) is 2.74. The third kappa shape index (κ3) is 2.40. The van der Waals surface area contributed by atoms with Gasteiger partial charge in [0.1, 0.15) is 0 Å². The molecule has 0 bridgehead atoms. The SMILES string of the molecule is CC1=NN(c2ccc(Cl)cc2)C(=O)/C1=C/c1cccs1. The van der Waals surface area contributed by atoms with Gasteiger partial charge in [-0.05, 0) is 48.7 Å². The van der Waals surface area contributed by atoms with E-state index in [1.807, 2.05) is 30.5 Å². The maximum absolute atomic E-state index is 12.4. The van der Waals surface area contributed by atoms with Gasteiger partial charge in [0.2, 0.25) is 0 Å². The van der Waals surface area contributed by atoms with Gasteiger partial charge in [0.05, 0.1) is 17.0 Å². The number of benzene rings is 1. The molecule has 1 amide bonds. The van der Waals surface area contributed by atoms with Gasteiger partial charge in [-0.1, -0.05) is 17.7 Å². The lowest BCUT2D eigenvalue weighted by Gasteiger charge is -2.11. The second kappa shape index (κ2) is 5.23. The first-order valence-electron chi connectivity index (χ1n) is 6.06. The highest BCUT2D eigenvalue weighted by molar-refractivity contribution is 7.10. The molecular formula is C15H11ClN2OS. The van der Waals surface area contributed by atoms with Crippen LogP contribution in [0, 0.1) is 0 Å². The lowest BCUT2D eigenvalue weighted by atomic mass is 10.1. The molecule has 0 N–H and O–H groups in total. The number of halogens is 1. The van der Waals surface area contributed by atoms with Crippen molar-refractivity contribution in [3.63, 3.8) is 0 Å². The van der Waals surface area contributed by atoms with Crippen molar-refractivity contribution in [1.29, 1.82) is 0 Å². The van der Waals surface area contributed by atoms with Crippen LogP contribution in [0.1, 0.15) is 11.8 Å². The largest absolute Gasteiger partial charge is 0.280 e. The van der Waals surface area contributed by atoms with Crippen molar-refractivity contribution in [1.82, 2.24) is 0 Å². The summed E-state index contributed by atoms with van der Waals surface area (Å²) in [6.45, 7) is 1.84. The summed E-state index contributed by atoms with van der Waals surface area (Å²) in [5, 5.41) is 8.35. The maximum Gasteiger partial charge on any atom is 0.280 e. The molecule has 100 valence electrons. The second-order valence-corrected chi connectivity index (χ2v) is 5.77. The number of carbonyl (C=O) groups excluding carboxylic acids is 1. The Morgan fingerprint density at radius 2 is 2.00 bits per heavy atom. The Balaban J connectivity index is 1.94. The van der Waals surface area contributed by atoms with E-state index in [2.05, 4.69) is 5.10 Å². The molecule has 0 radical (unpaired) electrons. The molecule has 1 aliphatic heterocycles. The molecule has 0 aliphatic carbocycles. The van der Waals surface area contributed by atoms with Crippen molar-refractivity contribution in [2.75, 3.05) is 5.01 Å². The molecule has 1 aromatic heterocycles. The lowest BCUT2D eigenvalue weighted by molar-refractivity contribution is -0.114. The number of hydrogen-bond donors (Lipinski definition) is 0. The summed E-state index contributed by atoms with van der Waals surface area (Å²) in [6, 6.07) is 11.0. The van der Waals surface area contributed by atoms with Crippen LogP contribution in [0.4, 0.5) is 5.69 Å². The van der Waals surface area contributed by atoms with E-state index >= 15 is 0 Å². The van der Waals surface area contributed by atoms with E-state index in [1.54, 1.807) is 35.6 Å². The predicted octanol–water partition coefficient (Wildman–Crippen LogP) is 4.21. The summed E-state index contributed by atoms with van der Waals surface area (Å²) in [4.78, 5) is 13.5. The molecule has 0 saturated heterocycles. The van der Waals surface area contributed by atoms with Crippen LogP contribution in [-0.4, -0.2) is 11.6 Å². The van der Waals surface area contributed by atoms with Gasteiger partial charge in [-0.2, -0.15) is 10.1 Å². The molecule has 0 fully saturated rings. The van der Waals surface area contributed by atoms with E-state index in [1.165, 1.54) is 5.01 Å². The van der Waals surface area contributed by atoms with Gasteiger partial charge in [-0.25, -0.2) is 0 Å². The zero-order valence-corrected chi connectivity index (χ0v) is 12.3. The Morgan fingerprint density at radius 1 is 1.25 bits per heavy atom. The molecule has 20 heavy (non-hydrogen) atoms. The Labute approximate surface area is 125 Å². The van der Waals surface area contributed by atoms with Crippen molar-refractivity contribution in [2.24, 2.45) is 5.10 Å². The van der Waals surface area contributed by atoms with Crippen LogP contribution in [0.15, 0.2) is 52.5 Å². The number of hydrazone groups is 1. The summed E-state index contributed by atoms with van der Waals surface area (Å²) in [7, 11) is 0. The smallest absolute Gasteiger partial charge is 0.267 e. The number of rotatable bonds is 2. The molecule has 0 saturated carbocycles. The average Bonchev–Trinajstić information content (AvgIpc) is 3.04. The second-order valence-electron chi connectivity index (χ2n) is 4.35. The number of carbonyl (C=O) groups is 1. The third-order valence-corrected chi connectivity index (χ3v) is 4.03. The maximum atomic E-state index is 12.4. The molecule has 1 aromatic carbocycles. The Morgan fingerprint density at radius 3 is 2.65 bits per heavy atom. The van der Waals surface area contributed by atoms with Crippen molar-refractivity contribution in [3.05, 3.63) is 57.3 Å². The summed E-state index contributed by atoms with van der Waals surface area (Å²) in [6.07, 6.45) is 1.88. The lowest BCUT2D eigenvalue weighted by Crippen LogP contribution is -2.21. The standard InChI is InChI=1S/C15H11ClN2OS/c1-10-14(9-13-3-2-8-20-13)15(19)18(17-10)12-6-4-11(16)5-7-12/h2-9H,1H3/b14-9+. The minimum atomic E-state index is -0.113. The van der Waals surface area contributed by atoms with Crippen molar-refractivity contribution < 1.29 is 4.79 Å². The topological polar surface area (TPSA) is 32.7 Å². The fourth-order valence-electron chi connectivity index (χ4n) is 1.96. The first-order chi connectivity index (χ1) is 9.65. The highest BCUT2D eigenvalue weighted by Crippen LogP contribution is 2.26. The Hall–Kier alpha value is -1.91. The van der Waals surface area contributed by atoms with E-state index in [9.17, 15) is 4.79 Å². The van der Waals surface area contributed by atoms with Crippen molar-refractivity contribution in [2.45, 2.75) is 6.92 Å². The number of hydrogen-bond acceptors (Lipinski definition) is 3. The van der Waals surface area contributed by atoms with Crippen LogP contribution >= 0.6 is 22.9 Å². The molecule has 3 rings (SSSR count). The quantitative estimate of drug-likeness (QED) is 0.765. The Bertz CT molecular complexity index is 702. The fraction of sp³-hybridized carbons (Fsp3) is 0.0667. The molecule has 0 spiro atoms. The zero-order valence-electron chi connectivity index (χ0n) is 10.7. The summed E-state index contributed by atoms with van der Waals surface area (Å²) >= 11 is 7.45. The van der Waals surface area contributed by atoms with E-state index in [0.29, 0.717) is 16.3 Å². The number of nitrogens with zero attached hydrogens (tertiary/aromatic N) is 2. The minimum Gasteiger partial charge on any atom is -0.267 e. The minimum absolute atomic E-state index is 0.113. The normalized spacial score (nSPS) is 16.9. The van der Waals surface area contributed by atoms with Crippen molar-refractivity contribution in [3.8, 4) is 0 Å². The van der Waals surface area contributed by atoms with Crippen LogP contribution in [-0.2, 0) is 4.79 Å². The molecule has 0 unspecified atom stereocenters. The van der Waals surface area contributed by atoms with Gasteiger partial charge in [0.15, 0.2) is 0 Å². The molecule has 0 atom stereocenters. The van der Waals surface area contributed by atoms with Crippen LogP contribution in [0.25, 0.3) is 6.08 Å². The number of thiophene rings is 1. The third-order valence-electron chi connectivity index (χ3n) is 2.96. The van der Waals surface area contributed by atoms with Crippen LogP contribution in [0.3, 0.4) is 0 Å². The molecule has 3 nitrogen and oxygen atoms in total. The number of amides is 1. The van der Waals surface area contributed by atoms with E-state index in [-0.39, 0.29) is 5.91 Å². The zero-order chi connectivity index (χ0) is 14.1. The summed E-state index contributed by atoms with van der Waals surface area (Å²) in [5.41, 5.74) is 2.06. The first-order valence-corrected chi connectivity index (χ1v) is 7.32. The van der Waals surface area contributed by atoms with Crippen molar-refractivity contribution >= 4 is 46.3 Å². The van der Waals surface area contributed by atoms with Gasteiger partial charge in [-0.3, -0.25) is 4.79 Å². The monoisotopic (exact) mass is 302 g/mol. The van der Waals surface area contributed by atoms with Crippen LogP contribution in [0.2, 0.25) is 5.02 Å². The molecule has 1 aliphatic rings.